The summed E-state index contributed by atoms with van der Waals surface area (Å²) >= 11 is 0. The van der Waals surface area contributed by atoms with Gasteiger partial charge in [-0.25, -0.2) is 9.98 Å². The Morgan fingerprint density at radius 2 is 2.15 bits per heavy atom. The van der Waals surface area contributed by atoms with Gasteiger partial charge in [0.15, 0.2) is 5.82 Å². The molecule has 1 fully saturated rings. The fourth-order valence-corrected chi connectivity index (χ4v) is 3.92. The molecule has 0 radical (unpaired) electrons. The maximum atomic E-state index is 11.7. The second kappa shape index (κ2) is 8.37. The number of nitrogens with two attached hydrogens (primary N) is 1. The van der Waals surface area contributed by atoms with Crippen LogP contribution in [0.25, 0.3) is 11.4 Å². The van der Waals surface area contributed by atoms with E-state index in [4.69, 9.17) is 5.73 Å². The highest BCUT2D eigenvalue weighted by molar-refractivity contribution is 5.73. The molecule has 0 spiro atoms. The third-order valence-electron chi connectivity index (χ3n) is 5.52. The molecule has 0 atom stereocenters. The molecule has 0 saturated heterocycles. The molecule has 2 aliphatic rings. The summed E-state index contributed by atoms with van der Waals surface area (Å²) < 4.78 is 0. The summed E-state index contributed by atoms with van der Waals surface area (Å²) in [5.41, 5.74) is 8.61. The summed E-state index contributed by atoms with van der Waals surface area (Å²) in [6.45, 7) is 8.09. The van der Waals surface area contributed by atoms with Crippen molar-refractivity contribution in [3.8, 4) is 0 Å². The smallest absolute Gasteiger partial charge is 0.219 e. The van der Waals surface area contributed by atoms with Crippen LogP contribution in [0.5, 0.6) is 0 Å². The molecule has 1 saturated carbocycles. The van der Waals surface area contributed by atoms with E-state index >= 15 is 0 Å². The molecule has 1 heterocycles. The Bertz CT molecular complexity index is 899. The second-order valence-electron chi connectivity index (χ2n) is 7.23. The van der Waals surface area contributed by atoms with E-state index in [2.05, 4.69) is 39.9 Å². The number of aromatic amines is 1. The minimum Gasteiger partial charge on any atom is -0.382 e. The number of imidazole rings is 1. The standard InChI is InChI=1S/C21H29N5O/c1-4-26(14(2)27)13-18-24-19(20(25-18)21(22)23-3)17-11-9-16(10-12-17)15-7-5-6-8-15/h9-11,15H,3-8,12-13,22H2,1-2H3,(H,24,25)/b19-17+,21-20+. The molecule has 3 rings (SSSR count). The molecule has 0 bridgehead atoms. The lowest BCUT2D eigenvalue weighted by atomic mass is 9.91. The lowest BCUT2D eigenvalue weighted by Gasteiger charge is -2.16. The molecular formula is C21H29N5O. The van der Waals surface area contributed by atoms with Gasteiger partial charge in [-0.3, -0.25) is 4.79 Å². The van der Waals surface area contributed by atoms with Crippen LogP contribution in [0.4, 0.5) is 0 Å². The van der Waals surface area contributed by atoms with Gasteiger partial charge < -0.3 is 15.6 Å². The molecule has 0 aromatic carbocycles. The number of carbonyl (C=O) groups excluding carboxylic acids is 1. The van der Waals surface area contributed by atoms with Crippen LogP contribution in [-0.2, 0) is 11.3 Å². The minimum absolute atomic E-state index is 0.0187. The SMILES string of the molecule is C=N/C(N)=c1/nc(CN(CC)C(C)=O)[nH]/c1=C1\C=CC(C2CCCC2)=CC1. The van der Waals surface area contributed by atoms with E-state index in [-0.39, 0.29) is 5.91 Å². The first-order valence-corrected chi connectivity index (χ1v) is 9.71. The highest BCUT2D eigenvalue weighted by Crippen LogP contribution is 2.34. The molecule has 1 amide bonds. The number of hydrogen-bond donors (Lipinski definition) is 2. The summed E-state index contributed by atoms with van der Waals surface area (Å²) in [7, 11) is 0. The van der Waals surface area contributed by atoms with E-state index < -0.39 is 0 Å². The highest BCUT2D eigenvalue weighted by Gasteiger charge is 2.19. The monoisotopic (exact) mass is 367 g/mol. The zero-order valence-corrected chi connectivity index (χ0v) is 16.3. The molecule has 6 nitrogen and oxygen atoms in total. The van der Waals surface area contributed by atoms with Crippen LogP contribution in [-0.4, -0.2) is 34.0 Å². The lowest BCUT2D eigenvalue weighted by molar-refractivity contribution is -0.129. The number of nitrogens with one attached hydrogen (secondary N) is 1. The Balaban J connectivity index is 1.97. The van der Waals surface area contributed by atoms with Crippen molar-refractivity contribution in [2.45, 2.75) is 52.5 Å². The fraction of sp³-hybridized carbons (Fsp3) is 0.476. The van der Waals surface area contributed by atoms with E-state index in [0.29, 0.717) is 36.0 Å². The predicted octanol–water partition coefficient (Wildman–Crippen LogP) is 1.73. The van der Waals surface area contributed by atoms with Crippen molar-refractivity contribution in [2.24, 2.45) is 16.6 Å². The van der Waals surface area contributed by atoms with Gasteiger partial charge in [0.1, 0.15) is 11.2 Å². The van der Waals surface area contributed by atoms with Crippen LogP contribution in [0.2, 0.25) is 0 Å². The molecule has 144 valence electrons. The summed E-state index contributed by atoms with van der Waals surface area (Å²) in [5.74, 6) is 1.73. The van der Waals surface area contributed by atoms with Crippen LogP contribution in [0.3, 0.4) is 0 Å². The van der Waals surface area contributed by atoms with Crippen LogP contribution < -0.4 is 16.4 Å². The van der Waals surface area contributed by atoms with Crippen molar-refractivity contribution in [2.75, 3.05) is 6.54 Å². The van der Waals surface area contributed by atoms with Gasteiger partial charge in [0.05, 0.1) is 11.9 Å². The summed E-state index contributed by atoms with van der Waals surface area (Å²) in [4.78, 5) is 25.3. The molecule has 0 unspecified atom stereocenters. The average Bonchev–Trinajstić information content (AvgIpc) is 3.35. The molecule has 1 aromatic heterocycles. The molecule has 3 N–H and O–H groups in total. The number of amides is 1. The average molecular weight is 367 g/mol. The van der Waals surface area contributed by atoms with Crippen LogP contribution in [0.15, 0.2) is 28.8 Å². The highest BCUT2D eigenvalue weighted by atomic mass is 16.2. The van der Waals surface area contributed by atoms with E-state index in [1.807, 2.05) is 6.92 Å². The Morgan fingerprint density at radius 3 is 2.70 bits per heavy atom. The summed E-state index contributed by atoms with van der Waals surface area (Å²) in [5, 5.41) is 1.48. The lowest BCUT2D eigenvalue weighted by Crippen LogP contribution is -2.31. The quantitative estimate of drug-likeness (QED) is 0.777. The van der Waals surface area contributed by atoms with Crippen LogP contribution in [0.1, 0.15) is 51.8 Å². The number of carbonyl (C=O) groups is 1. The molecule has 0 aliphatic heterocycles. The third kappa shape index (κ3) is 4.21. The van der Waals surface area contributed by atoms with Gasteiger partial charge in [0.25, 0.3) is 0 Å². The number of H-pyrrole nitrogens is 1. The minimum atomic E-state index is 0.0187. The maximum Gasteiger partial charge on any atom is 0.219 e. The number of nitrogens with zero attached hydrogens (tertiary/aromatic N) is 3. The van der Waals surface area contributed by atoms with Crippen molar-refractivity contribution < 1.29 is 4.79 Å². The van der Waals surface area contributed by atoms with Crippen molar-refractivity contribution >= 4 is 24.0 Å². The summed E-state index contributed by atoms with van der Waals surface area (Å²) in [6, 6.07) is 0. The zero-order chi connectivity index (χ0) is 19.4. The summed E-state index contributed by atoms with van der Waals surface area (Å²) in [6.07, 6.45) is 12.8. The van der Waals surface area contributed by atoms with Gasteiger partial charge in [-0.1, -0.05) is 31.1 Å². The third-order valence-corrected chi connectivity index (χ3v) is 5.52. The number of hydrogen-bond acceptors (Lipinski definition) is 4. The van der Waals surface area contributed by atoms with Crippen molar-refractivity contribution in [3.63, 3.8) is 0 Å². The van der Waals surface area contributed by atoms with Gasteiger partial charge in [0.2, 0.25) is 5.91 Å². The second-order valence-corrected chi connectivity index (χ2v) is 7.23. The topological polar surface area (TPSA) is 87.4 Å². The molecule has 27 heavy (non-hydrogen) atoms. The van der Waals surface area contributed by atoms with E-state index in [1.165, 1.54) is 31.3 Å². The van der Waals surface area contributed by atoms with Gasteiger partial charge >= 0.3 is 0 Å². The number of allylic oxidation sites excluding steroid dienone is 4. The zero-order valence-electron chi connectivity index (χ0n) is 16.3. The molecule has 1 aromatic rings. The first-order chi connectivity index (χ1) is 13.0. The number of rotatable bonds is 5. The van der Waals surface area contributed by atoms with Gasteiger partial charge in [-0.15, -0.1) is 0 Å². The van der Waals surface area contributed by atoms with Crippen LogP contribution in [0, 0.1) is 5.92 Å². The van der Waals surface area contributed by atoms with Gasteiger partial charge in [-0.2, -0.15) is 0 Å². The Kier molecular flexibility index (Phi) is 5.94. The Labute approximate surface area is 160 Å². The van der Waals surface area contributed by atoms with Gasteiger partial charge in [-0.05, 0) is 50.0 Å². The largest absolute Gasteiger partial charge is 0.382 e. The normalized spacial score (nSPS) is 20.4. The molecular weight excluding hydrogens is 338 g/mol. The van der Waals surface area contributed by atoms with E-state index in [0.717, 1.165) is 17.3 Å². The Morgan fingerprint density at radius 1 is 1.41 bits per heavy atom. The van der Waals surface area contributed by atoms with Crippen molar-refractivity contribution in [1.82, 2.24) is 14.9 Å². The van der Waals surface area contributed by atoms with E-state index in [9.17, 15) is 4.79 Å². The van der Waals surface area contributed by atoms with Gasteiger partial charge in [0, 0.05) is 13.5 Å². The first-order valence-electron chi connectivity index (χ1n) is 9.71. The van der Waals surface area contributed by atoms with E-state index in [1.54, 1.807) is 11.8 Å². The number of aromatic nitrogens is 2. The Hall–Kier alpha value is -2.63. The van der Waals surface area contributed by atoms with Crippen LogP contribution >= 0.6 is 0 Å². The molecule has 2 aliphatic carbocycles. The maximum absolute atomic E-state index is 11.7. The van der Waals surface area contributed by atoms with Crippen molar-refractivity contribution in [3.05, 3.63) is 40.3 Å². The first kappa shape index (κ1) is 19.1. The number of aliphatic imine (C=N–C) groups is 1. The van der Waals surface area contributed by atoms with Crippen molar-refractivity contribution in [1.29, 1.82) is 0 Å². The predicted molar refractivity (Wildman–Crippen MR) is 109 cm³/mol. The fourth-order valence-electron chi connectivity index (χ4n) is 3.92. The molecule has 6 heteroatoms.